The Balaban J connectivity index is 1.47. The van der Waals surface area contributed by atoms with Gasteiger partial charge in [-0.1, -0.05) is 41.6 Å². The normalized spacial score (nSPS) is 15.9. The largest absolute Gasteiger partial charge is 0.328 e. The van der Waals surface area contributed by atoms with E-state index in [2.05, 4.69) is 10.2 Å². The molecule has 0 saturated carbocycles. The van der Waals surface area contributed by atoms with E-state index in [0.29, 0.717) is 17.9 Å². The maximum absolute atomic E-state index is 13.1. The second kappa shape index (κ2) is 8.89. The second-order valence-corrected chi connectivity index (χ2v) is 8.58. The molecule has 0 aliphatic carbocycles. The number of nitro groups is 1. The number of benzene rings is 2. The molecule has 0 spiro atoms. The SMILES string of the molecule is Cc1ccc(C(=O)N2CCCC2c2nnc(SCc3ccc([N+](=O)[O-])cc3)n2C)cc1. The summed E-state index contributed by atoms with van der Waals surface area (Å²) in [5.41, 5.74) is 2.86. The van der Waals surface area contributed by atoms with Crippen LogP contribution in [0.1, 0.15) is 46.2 Å². The first-order chi connectivity index (χ1) is 14.9. The number of amides is 1. The van der Waals surface area contributed by atoms with E-state index in [4.69, 9.17) is 0 Å². The van der Waals surface area contributed by atoms with Crippen LogP contribution in [-0.4, -0.2) is 37.0 Å². The smallest absolute Gasteiger partial charge is 0.269 e. The average molecular weight is 438 g/mol. The summed E-state index contributed by atoms with van der Waals surface area (Å²) in [6, 6.07) is 14.1. The van der Waals surface area contributed by atoms with Crippen molar-refractivity contribution in [2.45, 2.75) is 36.7 Å². The van der Waals surface area contributed by atoms with Gasteiger partial charge in [0.1, 0.15) is 0 Å². The molecule has 1 atom stereocenters. The van der Waals surface area contributed by atoms with Gasteiger partial charge in [0.05, 0.1) is 11.0 Å². The van der Waals surface area contributed by atoms with E-state index in [1.54, 1.807) is 12.1 Å². The summed E-state index contributed by atoms with van der Waals surface area (Å²) in [6.07, 6.45) is 1.79. The predicted molar refractivity (Wildman–Crippen MR) is 118 cm³/mol. The van der Waals surface area contributed by atoms with E-state index in [0.717, 1.165) is 34.9 Å². The van der Waals surface area contributed by atoms with Crippen molar-refractivity contribution in [3.8, 4) is 0 Å². The number of carbonyl (C=O) groups excluding carboxylic acids is 1. The van der Waals surface area contributed by atoms with Crippen molar-refractivity contribution in [3.63, 3.8) is 0 Å². The van der Waals surface area contributed by atoms with Crippen molar-refractivity contribution in [2.24, 2.45) is 7.05 Å². The molecule has 160 valence electrons. The van der Waals surface area contributed by atoms with Gasteiger partial charge in [-0.3, -0.25) is 14.9 Å². The number of aryl methyl sites for hydroxylation is 1. The first kappa shape index (κ1) is 21.0. The van der Waals surface area contributed by atoms with Gasteiger partial charge in [0.15, 0.2) is 11.0 Å². The molecule has 2 aromatic carbocycles. The van der Waals surface area contributed by atoms with Gasteiger partial charge >= 0.3 is 0 Å². The highest BCUT2D eigenvalue weighted by atomic mass is 32.2. The molecule has 1 saturated heterocycles. The molecule has 4 rings (SSSR count). The number of hydrogen-bond acceptors (Lipinski definition) is 6. The van der Waals surface area contributed by atoms with Crippen molar-refractivity contribution in [1.29, 1.82) is 0 Å². The number of nitrogens with zero attached hydrogens (tertiary/aromatic N) is 5. The molecule has 0 bridgehead atoms. The van der Waals surface area contributed by atoms with Crippen LogP contribution >= 0.6 is 11.8 Å². The van der Waals surface area contributed by atoms with Crippen LogP contribution in [0.2, 0.25) is 0 Å². The fourth-order valence-electron chi connectivity index (χ4n) is 3.74. The zero-order chi connectivity index (χ0) is 22.0. The molecule has 1 unspecified atom stereocenters. The summed E-state index contributed by atoms with van der Waals surface area (Å²) in [7, 11) is 1.92. The predicted octanol–water partition coefficient (Wildman–Crippen LogP) is 4.30. The molecular weight excluding hydrogens is 414 g/mol. The monoisotopic (exact) mass is 437 g/mol. The van der Waals surface area contributed by atoms with E-state index < -0.39 is 4.92 Å². The third-order valence-corrected chi connectivity index (χ3v) is 6.59. The van der Waals surface area contributed by atoms with Gasteiger partial charge in [-0.25, -0.2) is 0 Å². The van der Waals surface area contributed by atoms with Crippen LogP contribution in [0, 0.1) is 17.0 Å². The minimum Gasteiger partial charge on any atom is -0.328 e. The van der Waals surface area contributed by atoms with Crippen LogP contribution < -0.4 is 0 Å². The Morgan fingerprint density at radius 2 is 1.87 bits per heavy atom. The van der Waals surface area contributed by atoms with Gasteiger partial charge in [-0.15, -0.1) is 10.2 Å². The molecule has 9 heteroatoms. The van der Waals surface area contributed by atoms with Gasteiger partial charge in [0, 0.05) is 37.0 Å². The highest BCUT2D eigenvalue weighted by Crippen LogP contribution is 2.34. The van der Waals surface area contributed by atoms with Crippen LogP contribution in [0.4, 0.5) is 5.69 Å². The summed E-state index contributed by atoms with van der Waals surface area (Å²) in [4.78, 5) is 25.3. The van der Waals surface area contributed by atoms with Crippen molar-refractivity contribution in [3.05, 3.63) is 81.2 Å². The minimum absolute atomic E-state index is 0.0191. The summed E-state index contributed by atoms with van der Waals surface area (Å²) >= 11 is 1.52. The Morgan fingerprint density at radius 1 is 1.16 bits per heavy atom. The Morgan fingerprint density at radius 3 is 2.55 bits per heavy atom. The van der Waals surface area contributed by atoms with Crippen molar-refractivity contribution >= 4 is 23.4 Å². The summed E-state index contributed by atoms with van der Waals surface area (Å²) in [5.74, 6) is 1.43. The zero-order valence-electron chi connectivity index (χ0n) is 17.4. The zero-order valence-corrected chi connectivity index (χ0v) is 18.2. The fourth-order valence-corrected chi connectivity index (χ4v) is 4.62. The van der Waals surface area contributed by atoms with E-state index in [1.807, 2.05) is 47.7 Å². The van der Waals surface area contributed by atoms with E-state index in [9.17, 15) is 14.9 Å². The van der Waals surface area contributed by atoms with Crippen LogP contribution in [0.25, 0.3) is 0 Å². The third-order valence-electron chi connectivity index (χ3n) is 5.49. The maximum atomic E-state index is 13.1. The number of thioether (sulfide) groups is 1. The maximum Gasteiger partial charge on any atom is 0.269 e. The van der Waals surface area contributed by atoms with Gasteiger partial charge in [0.25, 0.3) is 11.6 Å². The van der Waals surface area contributed by atoms with Crippen LogP contribution in [0.15, 0.2) is 53.7 Å². The highest BCUT2D eigenvalue weighted by Gasteiger charge is 2.34. The standard InChI is InChI=1S/C22H23N5O3S/c1-15-5-9-17(10-6-15)21(28)26-13-3-4-19(26)20-23-24-22(25(20)2)31-14-16-7-11-18(12-8-16)27(29)30/h5-12,19H,3-4,13-14H2,1-2H3. The molecule has 1 amide bonds. The first-order valence-corrected chi connectivity index (χ1v) is 11.1. The van der Waals surface area contributed by atoms with Gasteiger partial charge in [-0.2, -0.15) is 0 Å². The van der Waals surface area contributed by atoms with Crippen molar-refractivity contribution < 1.29 is 9.72 Å². The number of carbonyl (C=O) groups is 1. The molecule has 31 heavy (non-hydrogen) atoms. The Kier molecular flexibility index (Phi) is 6.03. The number of aromatic nitrogens is 3. The van der Waals surface area contributed by atoms with Crippen molar-refractivity contribution in [1.82, 2.24) is 19.7 Å². The van der Waals surface area contributed by atoms with Crippen molar-refractivity contribution in [2.75, 3.05) is 6.54 Å². The lowest BCUT2D eigenvalue weighted by Crippen LogP contribution is -2.31. The molecule has 1 aliphatic rings. The molecule has 0 N–H and O–H groups in total. The van der Waals surface area contributed by atoms with Gasteiger partial charge < -0.3 is 9.47 Å². The number of hydrogen-bond donors (Lipinski definition) is 0. The molecule has 0 radical (unpaired) electrons. The lowest BCUT2D eigenvalue weighted by atomic mass is 10.1. The lowest BCUT2D eigenvalue weighted by Gasteiger charge is -2.24. The second-order valence-electron chi connectivity index (χ2n) is 7.63. The summed E-state index contributed by atoms with van der Waals surface area (Å²) < 4.78 is 1.95. The Labute approximate surface area is 184 Å². The quantitative estimate of drug-likeness (QED) is 0.324. The molecular formula is C22H23N5O3S. The van der Waals surface area contributed by atoms with Gasteiger partial charge in [-0.05, 0) is 37.5 Å². The highest BCUT2D eigenvalue weighted by molar-refractivity contribution is 7.98. The van der Waals surface area contributed by atoms with Gasteiger partial charge in [0.2, 0.25) is 0 Å². The number of non-ortho nitro benzene ring substituents is 1. The molecule has 3 aromatic rings. The van der Waals surface area contributed by atoms with E-state index in [1.165, 1.54) is 23.9 Å². The van der Waals surface area contributed by atoms with E-state index in [-0.39, 0.29) is 17.6 Å². The molecule has 1 aliphatic heterocycles. The fraction of sp³-hybridized carbons (Fsp3) is 0.318. The summed E-state index contributed by atoms with van der Waals surface area (Å²) in [6.45, 7) is 2.71. The molecule has 2 heterocycles. The number of likely N-dealkylation sites (tertiary alicyclic amines) is 1. The molecule has 8 nitrogen and oxygen atoms in total. The van der Waals surface area contributed by atoms with E-state index >= 15 is 0 Å². The number of nitro benzene ring substituents is 1. The molecule has 1 aromatic heterocycles. The first-order valence-electron chi connectivity index (χ1n) is 10.1. The lowest BCUT2D eigenvalue weighted by molar-refractivity contribution is -0.384. The molecule has 1 fully saturated rings. The van der Waals surface area contributed by atoms with Crippen LogP contribution in [-0.2, 0) is 12.8 Å². The third kappa shape index (κ3) is 4.46. The Hall–Kier alpha value is -3.20. The topological polar surface area (TPSA) is 94.2 Å². The Bertz CT molecular complexity index is 1100. The average Bonchev–Trinajstić information content (AvgIpc) is 3.39. The van der Waals surface area contributed by atoms with Crippen LogP contribution in [0.3, 0.4) is 0 Å². The summed E-state index contributed by atoms with van der Waals surface area (Å²) in [5, 5.41) is 20.3. The van der Waals surface area contributed by atoms with Crippen LogP contribution in [0.5, 0.6) is 0 Å². The minimum atomic E-state index is -0.406. The number of rotatable bonds is 6.